The Bertz CT molecular complexity index is 1070. The van der Waals surface area contributed by atoms with E-state index in [2.05, 4.69) is 10.3 Å². The summed E-state index contributed by atoms with van der Waals surface area (Å²) in [5, 5.41) is 32.1. The van der Waals surface area contributed by atoms with E-state index in [0.29, 0.717) is 5.56 Å². The lowest BCUT2D eigenvalue weighted by Crippen LogP contribution is -2.45. The van der Waals surface area contributed by atoms with Crippen molar-refractivity contribution >= 4 is 20.1 Å². The quantitative estimate of drug-likeness (QED) is 0.280. The molecule has 4 unspecified atom stereocenters. The predicted molar refractivity (Wildman–Crippen MR) is 115 cm³/mol. The first kappa shape index (κ1) is 24.4. The Morgan fingerprint density at radius 2 is 2.00 bits per heavy atom. The van der Waals surface area contributed by atoms with Crippen LogP contribution in [0.4, 0.5) is 10.6 Å². The Balaban J connectivity index is 1.45. The van der Waals surface area contributed by atoms with Crippen LogP contribution >= 0.6 is 8.17 Å². The summed E-state index contributed by atoms with van der Waals surface area (Å²) in [5.74, 6) is -0.0172. The number of ether oxygens (including phenoxy) is 1. The van der Waals surface area contributed by atoms with Gasteiger partial charge in [0.2, 0.25) is 0 Å². The molecular formula is C19H24N4O10P. The maximum Gasteiger partial charge on any atom is 0.405 e. The van der Waals surface area contributed by atoms with E-state index in [1.54, 1.807) is 30.3 Å². The fourth-order valence-corrected chi connectivity index (χ4v) is 5.11. The number of nitrogens with zero attached hydrogens (tertiary/aromatic N) is 2. The van der Waals surface area contributed by atoms with E-state index in [0.717, 1.165) is 4.57 Å². The average molecular weight is 499 g/mol. The highest BCUT2D eigenvalue weighted by Crippen LogP contribution is 2.64. The number of benzene rings is 1. The monoisotopic (exact) mass is 499 g/mol. The van der Waals surface area contributed by atoms with Gasteiger partial charge in [0.05, 0.1) is 19.3 Å². The molecular weight excluding hydrogens is 475 g/mol. The van der Waals surface area contributed by atoms with Gasteiger partial charge in [-0.25, -0.2) is 9.59 Å². The van der Waals surface area contributed by atoms with Crippen LogP contribution in [0.15, 0.2) is 47.4 Å². The van der Waals surface area contributed by atoms with Crippen LogP contribution in [0.25, 0.3) is 0 Å². The van der Waals surface area contributed by atoms with E-state index in [1.807, 2.05) is 0 Å². The van der Waals surface area contributed by atoms with E-state index in [4.69, 9.17) is 29.1 Å². The van der Waals surface area contributed by atoms with Crippen LogP contribution in [0.3, 0.4) is 0 Å². The number of hydrogen-bond donors (Lipinski definition) is 6. The molecule has 1 aromatic carbocycles. The molecule has 7 N–H and O–H groups in total. The molecule has 14 nitrogen and oxygen atoms in total. The normalized spacial score (nSPS) is 33.5. The minimum absolute atomic E-state index is 0.0172. The molecule has 2 fully saturated rings. The number of aliphatic hydroxyl groups excluding tert-OH is 2. The summed E-state index contributed by atoms with van der Waals surface area (Å²) in [7, 11) is -3.98. The number of nitrogen functional groups attached to an aromatic ring is 1. The molecule has 2 aromatic rings. The zero-order valence-corrected chi connectivity index (χ0v) is 18.5. The van der Waals surface area contributed by atoms with Crippen molar-refractivity contribution in [3.63, 3.8) is 0 Å². The van der Waals surface area contributed by atoms with Gasteiger partial charge in [-0.2, -0.15) is 4.98 Å². The van der Waals surface area contributed by atoms with Crippen molar-refractivity contribution in [3.8, 4) is 0 Å². The summed E-state index contributed by atoms with van der Waals surface area (Å²) in [6.45, 7) is -0.712. The van der Waals surface area contributed by atoms with Gasteiger partial charge in [0.25, 0.3) is 0 Å². The van der Waals surface area contributed by atoms with Crippen molar-refractivity contribution < 1.29 is 43.3 Å². The Hall–Kier alpha value is -2.68. The first-order chi connectivity index (χ1) is 16.2. The molecule has 185 valence electrons. The van der Waals surface area contributed by atoms with Gasteiger partial charge in [-0.15, -0.1) is 0 Å². The van der Waals surface area contributed by atoms with Crippen LogP contribution in [0, 0.1) is 0 Å². The maximum atomic E-state index is 12.1. The molecule has 3 heterocycles. The second kappa shape index (κ2) is 9.90. The molecule has 1 aromatic heterocycles. The smallest absolute Gasteiger partial charge is 0.405 e. The number of amides is 1. The SMILES string of the molecule is Nc1ccn(C2OC(CO[P@@]3(O)OC[C@H](NC(=O)O)[C@@H](c4ccccc4)O3)C(O)C2O)c(=O)n1. The van der Waals surface area contributed by atoms with E-state index >= 15 is 0 Å². The molecule has 0 saturated carbocycles. The second-order valence-corrected chi connectivity index (χ2v) is 9.31. The molecule has 1 amide bonds. The predicted octanol–water partition coefficient (Wildman–Crippen LogP) is -0.445. The standard InChI is InChI=1S/C19H24N4O10P/c20-13-6-7-23(18(26)22-13)17-15(25)14(24)12(32-17)9-31-34(29)30-8-11(21-19(27)28)16(33-34)10-4-2-1-3-5-10/h1-7,11-12,14-17,21,24-25,29H,8-9H2,(H,27,28)(H2,20,22,26)/t11-,12?,14?,15?,16+,17?/m0/s1. The third-order valence-electron chi connectivity index (χ3n) is 5.33. The van der Waals surface area contributed by atoms with E-state index in [-0.39, 0.29) is 12.4 Å². The number of nitrogens with one attached hydrogen (secondary N) is 1. The zero-order chi connectivity index (χ0) is 24.5. The molecule has 0 aliphatic carbocycles. The molecule has 4 rings (SSSR count). The minimum Gasteiger partial charge on any atom is -0.465 e. The third-order valence-corrected chi connectivity index (χ3v) is 6.78. The van der Waals surface area contributed by atoms with E-state index in [9.17, 15) is 24.7 Å². The molecule has 0 bridgehead atoms. The van der Waals surface area contributed by atoms with Crippen LogP contribution in [0.5, 0.6) is 0 Å². The number of anilines is 1. The lowest BCUT2D eigenvalue weighted by Gasteiger charge is -2.40. The zero-order valence-electron chi connectivity index (χ0n) is 17.6. The van der Waals surface area contributed by atoms with Gasteiger partial charge in [0.15, 0.2) is 6.23 Å². The van der Waals surface area contributed by atoms with E-state index in [1.165, 1.54) is 12.3 Å². The number of rotatable bonds is 6. The Morgan fingerprint density at radius 3 is 2.68 bits per heavy atom. The molecule has 7 atom stereocenters. The fraction of sp³-hybridized carbons (Fsp3) is 0.421. The van der Waals surface area contributed by atoms with Crippen LogP contribution in [0.1, 0.15) is 17.9 Å². The summed E-state index contributed by atoms with van der Waals surface area (Å²) in [5.41, 5.74) is 5.26. The molecule has 2 aliphatic heterocycles. The third kappa shape index (κ3) is 5.19. The Morgan fingerprint density at radius 1 is 1.26 bits per heavy atom. The molecule has 0 spiro atoms. The lowest BCUT2D eigenvalue weighted by molar-refractivity contribution is -0.0700. The number of aliphatic hydroxyl groups is 2. The summed E-state index contributed by atoms with van der Waals surface area (Å²) in [4.78, 5) is 37.6. The molecule has 2 aliphatic rings. The number of aromatic nitrogens is 2. The minimum atomic E-state index is -3.98. The summed E-state index contributed by atoms with van der Waals surface area (Å²) in [6, 6.07) is 9.11. The Kier molecular flexibility index (Phi) is 7.12. The Labute approximate surface area is 193 Å². The van der Waals surface area contributed by atoms with Gasteiger partial charge < -0.3 is 36.0 Å². The molecule has 1 radical (unpaired) electrons. The average Bonchev–Trinajstić information content (AvgIpc) is 3.08. The van der Waals surface area contributed by atoms with Crippen molar-refractivity contribution in [2.45, 2.75) is 36.7 Å². The number of carboxylic acid groups (broad SMARTS) is 1. The fourth-order valence-electron chi connectivity index (χ4n) is 3.67. The lowest BCUT2D eigenvalue weighted by atomic mass is 10.0. The van der Waals surface area contributed by atoms with Gasteiger partial charge in [0, 0.05) is 6.20 Å². The molecule has 34 heavy (non-hydrogen) atoms. The number of carbonyl (C=O) groups is 1. The summed E-state index contributed by atoms with van der Waals surface area (Å²) >= 11 is 0. The van der Waals surface area contributed by atoms with Crippen molar-refractivity contribution in [3.05, 3.63) is 58.6 Å². The van der Waals surface area contributed by atoms with Crippen LogP contribution in [-0.2, 0) is 18.3 Å². The van der Waals surface area contributed by atoms with Crippen molar-refractivity contribution in [1.29, 1.82) is 0 Å². The first-order valence-corrected chi connectivity index (χ1v) is 11.7. The molecule has 15 heteroatoms. The van der Waals surface area contributed by atoms with Gasteiger partial charge >= 0.3 is 20.0 Å². The van der Waals surface area contributed by atoms with Crippen LogP contribution in [0.2, 0.25) is 0 Å². The van der Waals surface area contributed by atoms with Gasteiger partial charge in [-0.3, -0.25) is 18.1 Å². The van der Waals surface area contributed by atoms with Crippen molar-refractivity contribution in [2.75, 3.05) is 18.9 Å². The summed E-state index contributed by atoms with van der Waals surface area (Å²) < 4.78 is 23.0. The van der Waals surface area contributed by atoms with E-state index < -0.39 is 63.2 Å². The highest BCUT2D eigenvalue weighted by Gasteiger charge is 2.48. The topological polar surface area (TPSA) is 208 Å². The first-order valence-electron chi connectivity index (χ1n) is 10.2. The van der Waals surface area contributed by atoms with Gasteiger partial charge in [0.1, 0.15) is 30.2 Å². The highest BCUT2D eigenvalue weighted by molar-refractivity contribution is 7.55. The van der Waals surface area contributed by atoms with Crippen LogP contribution < -0.4 is 16.7 Å². The van der Waals surface area contributed by atoms with Crippen molar-refractivity contribution in [1.82, 2.24) is 14.9 Å². The van der Waals surface area contributed by atoms with Gasteiger partial charge in [-0.1, -0.05) is 30.3 Å². The largest absolute Gasteiger partial charge is 0.465 e. The summed E-state index contributed by atoms with van der Waals surface area (Å²) in [6.07, 6.45) is -6.36. The maximum absolute atomic E-state index is 12.1. The van der Waals surface area contributed by atoms with Crippen molar-refractivity contribution in [2.24, 2.45) is 0 Å². The molecule has 2 saturated heterocycles. The highest BCUT2D eigenvalue weighted by atomic mass is 31.2. The number of hydrogen-bond acceptors (Lipinski definition) is 11. The second-order valence-electron chi connectivity index (χ2n) is 7.64. The number of nitrogens with two attached hydrogens (primary N) is 1. The van der Waals surface area contributed by atoms with Gasteiger partial charge in [-0.05, 0) is 11.6 Å². The van der Waals surface area contributed by atoms with Crippen LogP contribution in [-0.4, -0.2) is 73.4 Å².